The van der Waals surface area contributed by atoms with Crippen LogP contribution in [0.2, 0.25) is 0 Å². The van der Waals surface area contributed by atoms with Crippen molar-refractivity contribution < 1.29 is 4.57 Å². The van der Waals surface area contributed by atoms with Crippen LogP contribution < -0.4 is 4.57 Å². The Bertz CT molecular complexity index is 292. The average molecular weight is 192 g/mol. The summed E-state index contributed by atoms with van der Waals surface area (Å²) in [6.45, 7) is 12.3. The van der Waals surface area contributed by atoms with E-state index in [1.54, 1.807) is 0 Å². The molecule has 0 amide bonds. The summed E-state index contributed by atoms with van der Waals surface area (Å²) in [7, 11) is 0. The molecule has 0 aliphatic heterocycles. The van der Waals surface area contributed by atoms with Crippen LogP contribution in [0, 0.1) is 26.7 Å². The van der Waals surface area contributed by atoms with Crippen molar-refractivity contribution >= 4 is 0 Å². The predicted molar refractivity (Wildman–Crippen MR) is 60.3 cm³/mol. The van der Waals surface area contributed by atoms with Gasteiger partial charge < -0.3 is 0 Å². The highest BCUT2D eigenvalue weighted by atomic mass is 15.0. The number of aromatic nitrogens is 1. The van der Waals surface area contributed by atoms with Crippen molar-refractivity contribution in [1.29, 1.82) is 0 Å². The van der Waals surface area contributed by atoms with Gasteiger partial charge in [-0.15, -0.1) is 0 Å². The van der Waals surface area contributed by atoms with E-state index >= 15 is 0 Å². The first kappa shape index (κ1) is 11.2. The monoisotopic (exact) mass is 192 g/mol. The molecule has 0 spiro atoms. The SMILES string of the molecule is CCC(C)C[n+]1c(C)cc(C)cc1C. The zero-order valence-corrected chi connectivity index (χ0v) is 10.1. The molecule has 1 heterocycles. The van der Waals surface area contributed by atoms with Crippen molar-refractivity contribution in [2.75, 3.05) is 0 Å². The van der Waals surface area contributed by atoms with Crippen LogP contribution in [-0.4, -0.2) is 0 Å². The highest BCUT2D eigenvalue weighted by Gasteiger charge is 2.14. The first-order chi connectivity index (χ1) is 6.54. The van der Waals surface area contributed by atoms with Gasteiger partial charge >= 0.3 is 0 Å². The Hall–Kier alpha value is -0.850. The third-order valence-electron chi connectivity index (χ3n) is 2.92. The van der Waals surface area contributed by atoms with Crippen LogP contribution >= 0.6 is 0 Å². The van der Waals surface area contributed by atoms with E-state index in [1.165, 1.54) is 23.4 Å². The van der Waals surface area contributed by atoms with E-state index < -0.39 is 0 Å². The molecule has 1 heteroatoms. The van der Waals surface area contributed by atoms with E-state index in [2.05, 4.69) is 51.3 Å². The zero-order valence-electron chi connectivity index (χ0n) is 10.1. The second-order valence-corrected chi connectivity index (χ2v) is 4.44. The number of nitrogens with zero attached hydrogens (tertiary/aromatic N) is 1. The Morgan fingerprint density at radius 2 is 1.64 bits per heavy atom. The summed E-state index contributed by atoms with van der Waals surface area (Å²) in [5.74, 6) is 0.764. The van der Waals surface area contributed by atoms with E-state index in [4.69, 9.17) is 0 Å². The van der Waals surface area contributed by atoms with Gasteiger partial charge in [-0.3, -0.25) is 0 Å². The van der Waals surface area contributed by atoms with Crippen LogP contribution in [0.4, 0.5) is 0 Å². The van der Waals surface area contributed by atoms with E-state index in [0.717, 1.165) is 12.5 Å². The van der Waals surface area contributed by atoms with Gasteiger partial charge in [-0.05, 0) is 18.9 Å². The van der Waals surface area contributed by atoms with Crippen molar-refractivity contribution in [1.82, 2.24) is 0 Å². The normalized spacial score (nSPS) is 12.9. The topological polar surface area (TPSA) is 3.88 Å². The fourth-order valence-corrected chi connectivity index (χ4v) is 1.86. The van der Waals surface area contributed by atoms with Crippen LogP contribution in [0.5, 0.6) is 0 Å². The maximum atomic E-state index is 2.42. The molecular formula is C13H22N+. The smallest absolute Gasteiger partial charge is 0.178 e. The van der Waals surface area contributed by atoms with Gasteiger partial charge in [0, 0.05) is 31.9 Å². The fraction of sp³-hybridized carbons (Fsp3) is 0.615. The number of rotatable bonds is 3. The van der Waals surface area contributed by atoms with E-state index in [0.29, 0.717) is 0 Å². The van der Waals surface area contributed by atoms with Gasteiger partial charge in [0.1, 0.15) is 0 Å². The standard InChI is InChI=1S/C13H22N/c1-6-10(2)9-14-12(4)7-11(3)8-13(14)5/h7-8,10H,6,9H2,1-5H3/q+1. The molecule has 0 fully saturated rings. The molecule has 1 unspecified atom stereocenters. The maximum absolute atomic E-state index is 2.42. The zero-order chi connectivity index (χ0) is 10.7. The second kappa shape index (κ2) is 4.59. The largest absolute Gasteiger partial charge is 0.200 e. The fourth-order valence-electron chi connectivity index (χ4n) is 1.86. The molecule has 0 aromatic carbocycles. The Morgan fingerprint density at radius 3 is 2.07 bits per heavy atom. The first-order valence-electron chi connectivity index (χ1n) is 5.52. The molecule has 0 saturated heterocycles. The highest BCUT2D eigenvalue weighted by molar-refractivity contribution is 5.13. The number of pyridine rings is 1. The van der Waals surface area contributed by atoms with Crippen molar-refractivity contribution in [3.8, 4) is 0 Å². The third kappa shape index (κ3) is 2.57. The van der Waals surface area contributed by atoms with Crippen LogP contribution in [-0.2, 0) is 6.54 Å². The molecule has 0 bridgehead atoms. The Morgan fingerprint density at radius 1 is 1.14 bits per heavy atom. The predicted octanol–water partition coefficient (Wildman–Crippen LogP) is 2.95. The lowest BCUT2D eigenvalue weighted by molar-refractivity contribution is -0.714. The number of hydrogen-bond acceptors (Lipinski definition) is 0. The van der Waals surface area contributed by atoms with Crippen LogP contribution in [0.1, 0.15) is 37.2 Å². The molecule has 1 aromatic heterocycles. The molecule has 0 saturated carbocycles. The van der Waals surface area contributed by atoms with Crippen molar-refractivity contribution in [2.24, 2.45) is 5.92 Å². The molecule has 0 aliphatic rings. The van der Waals surface area contributed by atoms with E-state index in [1.807, 2.05) is 0 Å². The summed E-state index contributed by atoms with van der Waals surface area (Å²) in [5, 5.41) is 0. The second-order valence-electron chi connectivity index (χ2n) is 4.44. The van der Waals surface area contributed by atoms with Gasteiger partial charge in [0.2, 0.25) is 0 Å². The first-order valence-corrected chi connectivity index (χ1v) is 5.52. The lowest BCUT2D eigenvalue weighted by Gasteiger charge is -2.09. The number of hydrogen-bond donors (Lipinski definition) is 0. The van der Waals surface area contributed by atoms with Gasteiger partial charge in [0.25, 0.3) is 0 Å². The minimum absolute atomic E-state index is 0.764. The molecule has 78 valence electrons. The summed E-state index contributed by atoms with van der Waals surface area (Å²) in [6.07, 6.45) is 1.25. The maximum Gasteiger partial charge on any atom is 0.178 e. The van der Waals surface area contributed by atoms with Gasteiger partial charge in [-0.2, -0.15) is 0 Å². The molecule has 0 aliphatic carbocycles. The summed E-state index contributed by atoms with van der Waals surface area (Å²) in [5.41, 5.74) is 4.12. The average Bonchev–Trinajstić information content (AvgIpc) is 2.10. The molecule has 1 rings (SSSR count). The Balaban J connectivity index is 2.96. The van der Waals surface area contributed by atoms with Gasteiger partial charge in [-0.25, -0.2) is 4.57 Å². The summed E-state index contributed by atoms with van der Waals surface area (Å²) in [6, 6.07) is 4.52. The minimum atomic E-state index is 0.764. The molecule has 14 heavy (non-hydrogen) atoms. The summed E-state index contributed by atoms with van der Waals surface area (Å²) >= 11 is 0. The summed E-state index contributed by atoms with van der Waals surface area (Å²) in [4.78, 5) is 0. The third-order valence-corrected chi connectivity index (χ3v) is 2.92. The molecule has 0 radical (unpaired) electrons. The molecule has 0 N–H and O–H groups in total. The molecular weight excluding hydrogens is 170 g/mol. The lowest BCUT2D eigenvalue weighted by atomic mass is 10.1. The van der Waals surface area contributed by atoms with Crippen LogP contribution in [0.3, 0.4) is 0 Å². The van der Waals surface area contributed by atoms with Gasteiger partial charge in [0.05, 0.1) is 0 Å². The molecule has 1 nitrogen and oxygen atoms in total. The van der Waals surface area contributed by atoms with Gasteiger partial charge in [-0.1, -0.05) is 13.8 Å². The lowest BCUT2D eigenvalue weighted by Crippen LogP contribution is -2.42. The minimum Gasteiger partial charge on any atom is -0.200 e. The van der Waals surface area contributed by atoms with Crippen LogP contribution in [0.25, 0.3) is 0 Å². The quantitative estimate of drug-likeness (QED) is 0.648. The number of aryl methyl sites for hydroxylation is 3. The molecule has 1 aromatic rings. The van der Waals surface area contributed by atoms with Crippen molar-refractivity contribution in [3.05, 3.63) is 29.1 Å². The van der Waals surface area contributed by atoms with Crippen molar-refractivity contribution in [2.45, 2.75) is 47.6 Å². The highest BCUT2D eigenvalue weighted by Crippen LogP contribution is 2.05. The van der Waals surface area contributed by atoms with Crippen molar-refractivity contribution in [3.63, 3.8) is 0 Å². The van der Waals surface area contributed by atoms with Gasteiger partial charge in [0.15, 0.2) is 17.9 Å². The Kier molecular flexibility index (Phi) is 3.68. The van der Waals surface area contributed by atoms with E-state index in [-0.39, 0.29) is 0 Å². The molecule has 1 atom stereocenters. The Labute approximate surface area is 87.8 Å². The van der Waals surface area contributed by atoms with Crippen LogP contribution in [0.15, 0.2) is 12.1 Å². The van der Waals surface area contributed by atoms with E-state index in [9.17, 15) is 0 Å². The summed E-state index contributed by atoms with van der Waals surface area (Å²) < 4.78 is 2.42.